The predicted octanol–water partition coefficient (Wildman–Crippen LogP) is 5.00. The van der Waals surface area contributed by atoms with Gasteiger partial charge in [-0.3, -0.25) is 9.36 Å². The number of halogens is 3. The molecule has 0 atom stereocenters. The molecular formula is C20H17ClF2N2O2. The summed E-state index contributed by atoms with van der Waals surface area (Å²) < 4.78 is 33.8. The average molecular weight is 391 g/mol. The van der Waals surface area contributed by atoms with E-state index in [0.717, 1.165) is 17.7 Å². The summed E-state index contributed by atoms with van der Waals surface area (Å²) in [6.07, 6.45) is 0. The molecule has 0 amide bonds. The van der Waals surface area contributed by atoms with E-state index in [1.807, 2.05) is 44.2 Å². The van der Waals surface area contributed by atoms with Gasteiger partial charge < -0.3 is 4.74 Å². The molecule has 0 aliphatic heterocycles. The minimum Gasteiger partial charge on any atom is -0.471 e. The summed E-state index contributed by atoms with van der Waals surface area (Å²) in [4.78, 5) is 17.1. The fourth-order valence-electron chi connectivity index (χ4n) is 2.64. The van der Waals surface area contributed by atoms with Crippen molar-refractivity contribution in [2.45, 2.75) is 26.5 Å². The Bertz CT molecular complexity index is 1020. The molecule has 140 valence electrons. The molecule has 0 unspecified atom stereocenters. The zero-order chi connectivity index (χ0) is 19.6. The van der Waals surface area contributed by atoms with E-state index in [2.05, 4.69) is 4.98 Å². The van der Waals surface area contributed by atoms with Crippen LogP contribution in [0, 0.1) is 11.6 Å². The molecule has 0 bridgehead atoms. The highest BCUT2D eigenvalue weighted by Gasteiger charge is 2.19. The maximum Gasteiger partial charge on any atom is 0.276 e. The normalized spacial score (nSPS) is 11.0. The van der Waals surface area contributed by atoms with Gasteiger partial charge in [0.25, 0.3) is 5.56 Å². The van der Waals surface area contributed by atoms with Crippen molar-refractivity contribution in [3.8, 4) is 17.3 Å². The largest absolute Gasteiger partial charge is 0.471 e. The van der Waals surface area contributed by atoms with E-state index in [0.29, 0.717) is 5.82 Å². The fraction of sp³-hybridized carbons (Fsp3) is 0.200. The second kappa shape index (κ2) is 7.88. The van der Waals surface area contributed by atoms with Gasteiger partial charge in [-0.15, -0.1) is 0 Å². The number of benzene rings is 2. The first kappa shape index (κ1) is 19.0. The SMILES string of the molecule is CC(C)n1c(-c2ccccc2)nc(OCc2ccc(F)cc2F)c(Cl)c1=O. The smallest absolute Gasteiger partial charge is 0.276 e. The van der Waals surface area contributed by atoms with Gasteiger partial charge in [0.05, 0.1) is 0 Å². The molecule has 0 saturated carbocycles. The third-order valence-corrected chi connectivity index (χ3v) is 4.28. The molecule has 0 aliphatic rings. The van der Waals surface area contributed by atoms with E-state index >= 15 is 0 Å². The first-order valence-electron chi connectivity index (χ1n) is 8.32. The van der Waals surface area contributed by atoms with Crippen LogP contribution in [0.25, 0.3) is 11.4 Å². The molecule has 3 aromatic rings. The summed E-state index contributed by atoms with van der Waals surface area (Å²) >= 11 is 6.16. The molecule has 0 radical (unpaired) electrons. The van der Waals surface area contributed by atoms with E-state index < -0.39 is 17.2 Å². The van der Waals surface area contributed by atoms with Gasteiger partial charge in [0.15, 0.2) is 5.02 Å². The highest BCUT2D eigenvalue weighted by atomic mass is 35.5. The first-order chi connectivity index (χ1) is 12.9. The molecular weight excluding hydrogens is 374 g/mol. The Balaban J connectivity index is 2.03. The van der Waals surface area contributed by atoms with Crippen molar-refractivity contribution in [2.24, 2.45) is 0 Å². The lowest BCUT2D eigenvalue weighted by atomic mass is 10.2. The predicted molar refractivity (Wildman–Crippen MR) is 100 cm³/mol. The molecule has 4 nitrogen and oxygen atoms in total. The summed E-state index contributed by atoms with van der Waals surface area (Å²) in [6, 6.07) is 12.1. The van der Waals surface area contributed by atoms with Gasteiger partial charge in [-0.2, -0.15) is 4.98 Å². The van der Waals surface area contributed by atoms with E-state index in [9.17, 15) is 13.6 Å². The first-order valence-corrected chi connectivity index (χ1v) is 8.70. The van der Waals surface area contributed by atoms with E-state index in [4.69, 9.17) is 16.3 Å². The Morgan fingerprint density at radius 3 is 2.48 bits per heavy atom. The Morgan fingerprint density at radius 2 is 1.85 bits per heavy atom. The highest BCUT2D eigenvalue weighted by Crippen LogP contribution is 2.26. The van der Waals surface area contributed by atoms with Crippen molar-refractivity contribution in [1.82, 2.24) is 9.55 Å². The molecule has 0 N–H and O–H groups in total. The number of ether oxygens (including phenoxy) is 1. The van der Waals surface area contributed by atoms with Gasteiger partial charge in [-0.1, -0.05) is 41.9 Å². The molecule has 3 rings (SSSR count). The van der Waals surface area contributed by atoms with Crippen LogP contribution in [0.2, 0.25) is 5.02 Å². The van der Waals surface area contributed by atoms with Crippen LogP contribution in [-0.2, 0) is 6.61 Å². The molecule has 7 heteroatoms. The van der Waals surface area contributed by atoms with E-state index in [1.54, 1.807) is 0 Å². The lowest BCUT2D eigenvalue weighted by Crippen LogP contribution is -2.26. The number of hydrogen-bond donors (Lipinski definition) is 0. The minimum atomic E-state index is -0.745. The average Bonchev–Trinajstić information content (AvgIpc) is 2.64. The second-order valence-electron chi connectivity index (χ2n) is 6.21. The van der Waals surface area contributed by atoms with Crippen molar-refractivity contribution in [1.29, 1.82) is 0 Å². The summed E-state index contributed by atoms with van der Waals surface area (Å²) in [5, 5.41) is -0.189. The molecule has 0 saturated heterocycles. The molecule has 1 aromatic heterocycles. The van der Waals surface area contributed by atoms with Crippen molar-refractivity contribution < 1.29 is 13.5 Å². The number of aromatic nitrogens is 2. The Hall–Kier alpha value is -2.73. The van der Waals surface area contributed by atoms with Gasteiger partial charge in [0.2, 0.25) is 5.88 Å². The lowest BCUT2D eigenvalue weighted by molar-refractivity contribution is 0.286. The van der Waals surface area contributed by atoms with Crippen LogP contribution in [-0.4, -0.2) is 9.55 Å². The van der Waals surface area contributed by atoms with Crippen LogP contribution in [0.4, 0.5) is 8.78 Å². The Labute approximate surface area is 160 Å². The van der Waals surface area contributed by atoms with Crippen LogP contribution in [0.1, 0.15) is 25.5 Å². The summed E-state index contributed by atoms with van der Waals surface area (Å²) in [6.45, 7) is 3.46. The van der Waals surface area contributed by atoms with Gasteiger partial charge in [-0.05, 0) is 26.0 Å². The van der Waals surface area contributed by atoms with Crippen molar-refractivity contribution >= 4 is 11.6 Å². The van der Waals surface area contributed by atoms with Crippen LogP contribution in [0.3, 0.4) is 0 Å². The fourth-order valence-corrected chi connectivity index (χ4v) is 2.83. The third-order valence-electron chi connectivity index (χ3n) is 3.96. The number of hydrogen-bond acceptors (Lipinski definition) is 3. The molecule has 27 heavy (non-hydrogen) atoms. The van der Waals surface area contributed by atoms with E-state index in [-0.39, 0.29) is 29.1 Å². The monoisotopic (exact) mass is 390 g/mol. The van der Waals surface area contributed by atoms with Gasteiger partial charge >= 0.3 is 0 Å². The zero-order valence-corrected chi connectivity index (χ0v) is 15.5. The molecule has 0 aliphatic carbocycles. The third kappa shape index (κ3) is 4.01. The quantitative estimate of drug-likeness (QED) is 0.615. The van der Waals surface area contributed by atoms with Gasteiger partial charge in [0, 0.05) is 23.2 Å². The van der Waals surface area contributed by atoms with E-state index in [1.165, 1.54) is 10.6 Å². The zero-order valence-electron chi connectivity index (χ0n) is 14.7. The van der Waals surface area contributed by atoms with Crippen LogP contribution in [0.15, 0.2) is 53.3 Å². The summed E-state index contributed by atoms with van der Waals surface area (Å²) in [7, 11) is 0. The van der Waals surface area contributed by atoms with Gasteiger partial charge in [0.1, 0.15) is 24.1 Å². The maximum absolute atomic E-state index is 13.8. The summed E-state index contributed by atoms with van der Waals surface area (Å²) in [5.41, 5.74) is 0.399. The van der Waals surface area contributed by atoms with Crippen molar-refractivity contribution in [3.05, 3.63) is 81.1 Å². The Morgan fingerprint density at radius 1 is 1.15 bits per heavy atom. The minimum absolute atomic E-state index is 0.0962. The van der Waals surface area contributed by atoms with Crippen LogP contribution >= 0.6 is 11.6 Å². The topological polar surface area (TPSA) is 44.1 Å². The molecule has 0 spiro atoms. The second-order valence-corrected chi connectivity index (χ2v) is 6.59. The maximum atomic E-state index is 13.8. The highest BCUT2D eigenvalue weighted by molar-refractivity contribution is 6.31. The Kier molecular flexibility index (Phi) is 5.56. The van der Waals surface area contributed by atoms with Crippen LogP contribution < -0.4 is 10.3 Å². The molecule has 2 aromatic carbocycles. The van der Waals surface area contributed by atoms with Gasteiger partial charge in [-0.25, -0.2) is 8.78 Å². The summed E-state index contributed by atoms with van der Waals surface area (Å²) in [5.74, 6) is -1.13. The standard InChI is InChI=1S/C20H17ClF2N2O2/c1-12(2)25-18(13-6-4-3-5-7-13)24-19(17(21)20(25)26)27-11-14-8-9-15(22)10-16(14)23/h3-10,12H,11H2,1-2H3. The molecule has 1 heterocycles. The molecule has 0 fully saturated rings. The van der Waals surface area contributed by atoms with Crippen molar-refractivity contribution in [2.75, 3.05) is 0 Å². The number of nitrogens with zero attached hydrogens (tertiary/aromatic N) is 2. The van der Waals surface area contributed by atoms with Crippen molar-refractivity contribution in [3.63, 3.8) is 0 Å². The van der Waals surface area contributed by atoms with Crippen LogP contribution in [0.5, 0.6) is 5.88 Å². The lowest BCUT2D eigenvalue weighted by Gasteiger charge is -2.18. The number of rotatable bonds is 5.